The molecule has 0 aliphatic heterocycles. The molecular weight excluding hydrogens is 258 g/mol. The van der Waals surface area contributed by atoms with Crippen LogP contribution in [0.4, 0.5) is 5.69 Å². The van der Waals surface area contributed by atoms with Gasteiger partial charge in [0.1, 0.15) is 11.3 Å². The highest BCUT2D eigenvalue weighted by Gasteiger charge is 2.03. The third-order valence-electron chi connectivity index (χ3n) is 3.69. The van der Waals surface area contributed by atoms with Crippen LogP contribution in [0.1, 0.15) is 5.76 Å². The molecule has 1 N–H and O–H groups in total. The van der Waals surface area contributed by atoms with Gasteiger partial charge in [-0.25, -0.2) is 0 Å². The molecular formula is C19H15NO. The molecule has 2 nitrogen and oxygen atoms in total. The van der Waals surface area contributed by atoms with E-state index in [0.717, 1.165) is 22.4 Å². The van der Waals surface area contributed by atoms with Crippen LogP contribution in [-0.4, -0.2) is 0 Å². The minimum atomic E-state index is 0.688. The van der Waals surface area contributed by atoms with Gasteiger partial charge in [0.05, 0.1) is 6.54 Å². The van der Waals surface area contributed by atoms with Gasteiger partial charge in [0, 0.05) is 11.1 Å². The Morgan fingerprint density at radius 2 is 1.48 bits per heavy atom. The summed E-state index contributed by atoms with van der Waals surface area (Å²) in [5, 5.41) is 7.07. The Balaban J connectivity index is 1.57. The number of nitrogens with one attached hydrogen (secondary N) is 1. The van der Waals surface area contributed by atoms with Crippen molar-refractivity contribution in [2.75, 3.05) is 5.32 Å². The predicted molar refractivity (Wildman–Crippen MR) is 87.5 cm³/mol. The lowest BCUT2D eigenvalue weighted by atomic mass is 10.1. The van der Waals surface area contributed by atoms with E-state index in [1.807, 2.05) is 18.2 Å². The number of furan rings is 1. The Morgan fingerprint density at radius 3 is 2.33 bits per heavy atom. The van der Waals surface area contributed by atoms with Crippen LogP contribution in [0.3, 0.4) is 0 Å². The molecule has 21 heavy (non-hydrogen) atoms. The monoisotopic (exact) mass is 273 g/mol. The summed E-state index contributed by atoms with van der Waals surface area (Å²) in [5.41, 5.74) is 2.04. The maximum Gasteiger partial charge on any atom is 0.134 e. The van der Waals surface area contributed by atoms with E-state index in [1.165, 1.54) is 10.8 Å². The molecule has 4 rings (SSSR count). The molecule has 0 saturated heterocycles. The van der Waals surface area contributed by atoms with Crippen molar-refractivity contribution in [2.24, 2.45) is 0 Å². The van der Waals surface area contributed by atoms with E-state index in [1.54, 1.807) is 0 Å². The summed E-state index contributed by atoms with van der Waals surface area (Å²) in [6, 6.07) is 24.9. The second-order valence-electron chi connectivity index (χ2n) is 5.17. The lowest BCUT2D eigenvalue weighted by molar-refractivity contribution is 0.559. The first kappa shape index (κ1) is 12.0. The van der Waals surface area contributed by atoms with Gasteiger partial charge in [0.2, 0.25) is 0 Å². The zero-order chi connectivity index (χ0) is 14.1. The number of rotatable bonds is 3. The SMILES string of the molecule is c1ccc2cc(NCc3cc4ccccc4o3)ccc2c1. The topological polar surface area (TPSA) is 25.2 Å². The van der Waals surface area contributed by atoms with Gasteiger partial charge in [-0.05, 0) is 35.0 Å². The van der Waals surface area contributed by atoms with Crippen LogP contribution < -0.4 is 5.32 Å². The number of hydrogen-bond acceptors (Lipinski definition) is 2. The molecule has 4 aromatic rings. The van der Waals surface area contributed by atoms with E-state index >= 15 is 0 Å². The quantitative estimate of drug-likeness (QED) is 0.555. The highest BCUT2D eigenvalue weighted by Crippen LogP contribution is 2.22. The molecule has 0 aliphatic rings. The van der Waals surface area contributed by atoms with Crippen LogP contribution >= 0.6 is 0 Å². The lowest BCUT2D eigenvalue weighted by Crippen LogP contribution is -1.97. The van der Waals surface area contributed by atoms with Gasteiger partial charge in [-0.3, -0.25) is 0 Å². The van der Waals surface area contributed by atoms with Gasteiger partial charge >= 0.3 is 0 Å². The number of fused-ring (bicyclic) bond motifs is 2. The standard InChI is InChI=1S/C19H15NO/c1-2-6-15-11-17(10-9-14(15)5-1)20-13-18-12-16-7-3-4-8-19(16)21-18/h1-12,20H,13H2. The summed E-state index contributed by atoms with van der Waals surface area (Å²) in [7, 11) is 0. The molecule has 0 bridgehead atoms. The van der Waals surface area contributed by atoms with Gasteiger partial charge in [0.15, 0.2) is 0 Å². The fourth-order valence-electron chi connectivity index (χ4n) is 2.61. The summed E-state index contributed by atoms with van der Waals surface area (Å²) in [5.74, 6) is 0.948. The molecule has 0 saturated carbocycles. The third-order valence-corrected chi connectivity index (χ3v) is 3.69. The van der Waals surface area contributed by atoms with Gasteiger partial charge in [-0.1, -0.05) is 48.5 Å². The van der Waals surface area contributed by atoms with Crippen molar-refractivity contribution < 1.29 is 4.42 Å². The van der Waals surface area contributed by atoms with Crippen molar-refractivity contribution in [2.45, 2.75) is 6.54 Å². The third kappa shape index (κ3) is 2.36. The highest BCUT2D eigenvalue weighted by molar-refractivity contribution is 5.85. The zero-order valence-electron chi connectivity index (χ0n) is 11.5. The first-order valence-corrected chi connectivity index (χ1v) is 7.09. The summed E-state index contributed by atoms with van der Waals surface area (Å²) < 4.78 is 5.81. The van der Waals surface area contributed by atoms with Crippen molar-refractivity contribution in [3.8, 4) is 0 Å². The molecule has 2 heteroatoms. The van der Waals surface area contributed by atoms with Crippen molar-refractivity contribution in [1.29, 1.82) is 0 Å². The van der Waals surface area contributed by atoms with Crippen LogP contribution in [-0.2, 0) is 6.54 Å². The molecule has 3 aromatic carbocycles. The molecule has 1 heterocycles. The Kier molecular flexibility index (Phi) is 2.86. The summed E-state index contributed by atoms with van der Waals surface area (Å²) in [6.45, 7) is 0.688. The van der Waals surface area contributed by atoms with Crippen LogP contribution in [0.2, 0.25) is 0 Å². The molecule has 0 fully saturated rings. The Hall–Kier alpha value is -2.74. The number of benzene rings is 3. The van der Waals surface area contributed by atoms with Crippen molar-refractivity contribution in [3.05, 3.63) is 78.6 Å². The number of anilines is 1. The first-order valence-electron chi connectivity index (χ1n) is 7.09. The average molecular weight is 273 g/mol. The van der Waals surface area contributed by atoms with Crippen molar-refractivity contribution in [1.82, 2.24) is 0 Å². The van der Waals surface area contributed by atoms with Crippen LogP contribution in [0.25, 0.3) is 21.7 Å². The molecule has 0 unspecified atom stereocenters. The van der Waals surface area contributed by atoms with Crippen molar-refractivity contribution >= 4 is 27.4 Å². The van der Waals surface area contributed by atoms with E-state index in [-0.39, 0.29) is 0 Å². The summed E-state index contributed by atoms with van der Waals surface area (Å²) >= 11 is 0. The maximum atomic E-state index is 5.81. The predicted octanol–water partition coefficient (Wildman–Crippen LogP) is 5.20. The van der Waals surface area contributed by atoms with Crippen molar-refractivity contribution in [3.63, 3.8) is 0 Å². The minimum absolute atomic E-state index is 0.688. The average Bonchev–Trinajstić information content (AvgIpc) is 2.95. The lowest BCUT2D eigenvalue weighted by Gasteiger charge is -2.06. The second kappa shape index (κ2) is 4.98. The zero-order valence-corrected chi connectivity index (χ0v) is 11.5. The normalized spacial score (nSPS) is 11.0. The molecule has 0 aliphatic carbocycles. The first-order chi connectivity index (χ1) is 10.4. The Bertz CT molecular complexity index is 874. The molecule has 0 amide bonds. The maximum absolute atomic E-state index is 5.81. The Labute approximate surface area is 123 Å². The molecule has 1 aromatic heterocycles. The van der Waals surface area contributed by atoms with Gasteiger partial charge in [0.25, 0.3) is 0 Å². The van der Waals surface area contributed by atoms with Gasteiger partial charge in [-0.2, -0.15) is 0 Å². The van der Waals surface area contributed by atoms with E-state index in [4.69, 9.17) is 4.42 Å². The van der Waals surface area contributed by atoms with E-state index < -0.39 is 0 Å². The van der Waals surface area contributed by atoms with E-state index in [2.05, 4.69) is 59.9 Å². The fraction of sp³-hybridized carbons (Fsp3) is 0.0526. The van der Waals surface area contributed by atoms with E-state index in [0.29, 0.717) is 6.54 Å². The summed E-state index contributed by atoms with van der Waals surface area (Å²) in [4.78, 5) is 0. The van der Waals surface area contributed by atoms with E-state index in [9.17, 15) is 0 Å². The molecule has 0 spiro atoms. The number of para-hydroxylation sites is 1. The highest BCUT2D eigenvalue weighted by atomic mass is 16.3. The van der Waals surface area contributed by atoms with Crippen LogP contribution in [0.15, 0.2) is 77.2 Å². The Morgan fingerprint density at radius 1 is 0.714 bits per heavy atom. The largest absolute Gasteiger partial charge is 0.459 e. The van der Waals surface area contributed by atoms with Gasteiger partial charge in [-0.15, -0.1) is 0 Å². The minimum Gasteiger partial charge on any atom is -0.459 e. The second-order valence-corrected chi connectivity index (χ2v) is 5.17. The van der Waals surface area contributed by atoms with Crippen LogP contribution in [0, 0.1) is 0 Å². The smallest absolute Gasteiger partial charge is 0.134 e. The fourth-order valence-corrected chi connectivity index (χ4v) is 2.61. The summed E-state index contributed by atoms with van der Waals surface area (Å²) in [6.07, 6.45) is 0. The number of hydrogen-bond donors (Lipinski definition) is 1. The molecule has 0 atom stereocenters. The van der Waals surface area contributed by atoms with Crippen LogP contribution in [0.5, 0.6) is 0 Å². The molecule has 102 valence electrons. The van der Waals surface area contributed by atoms with Gasteiger partial charge < -0.3 is 9.73 Å². The molecule has 0 radical (unpaired) electrons.